The van der Waals surface area contributed by atoms with Gasteiger partial charge in [-0.05, 0) is 30.4 Å². The van der Waals surface area contributed by atoms with Crippen LogP contribution in [-0.4, -0.2) is 5.91 Å². The van der Waals surface area contributed by atoms with Crippen molar-refractivity contribution in [3.05, 3.63) is 34.3 Å². The van der Waals surface area contributed by atoms with Gasteiger partial charge < -0.3 is 0 Å². The van der Waals surface area contributed by atoms with E-state index in [2.05, 4.69) is 5.43 Å². The molecule has 0 unspecified atom stereocenters. The normalized spacial score (nSPS) is 15.3. The van der Waals surface area contributed by atoms with E-state index in [4.69, 9.17) is 17.4 Å². The second kappa shape index (κ2) is 3.59. The molecule has 0 saturated heterocycles. The van der Waals surface area contributed by atoms with Gasteiger partial charge in [0, 0.05) is 0 Å². The summed E-state index contributed by atoms with van der Waals surface area (Å²) in [5.41, 5.74) is 3.61. The molecule has 1 aromatic rings. The maximum Gasteiger partial charge on any atom is 0.266 e. The number of nitrogens with one attached hydrogen (secondary N) is 1. The predicted octanol–water partition coefficient (Wildman–Crippen LogP) is 1.82. The molecule has 0 atom stereocenters. The van der Waals surface area contributed by atoms with Crippen LogP contribution < -0.4 is 11.3 Å². The molecule has 1 aliphatic carbocycles. The number of hydrogen-bond acceptors (Lipinski definition) is 2. The molecule has 0 radical (unpaired) electrons. The summed E-state index contributed by atoms with van der Waals surface area (Å²) in [4.78, 5) is 11.3. The number of carbonyl (C=O) groups excluding carboxylic acids is 1. The standard InChI is InChI=1S/C10H11ClN2O/c11-9-7(6-4-5-6)2-1-3-8(9)10(14)13-12/h1-3,6H,4-5,12H2,(H,13,14). The van der Waals surface area contributed by atoms with E-state index in [-0.39, 0.29) is 5.91 Å². The molecular weight excluding hydrogens is 200 g/mol. The van der Waals surface area contributed by atoms with Gasteiger partial charge in [-0.3, -0.25) is 10.2 Å². The van der Waals surface area contributed by atoms with Crippen LogP contribution in [0.4, 0.5) is 0 Å². The van der Waals surface area contributed by atoms with Gasteiger partial charge in [0.1, 0.15) is 0 Å². The van der Waals surface area contributed by atoms with E-state index in [1.54, 1.807) is 6.07 Å². The molecule has 1 aliphatic rings. The summed E-state index contributed by atoms with van der Waals surface area (Å²) in [6.07, 6.45) is 2.32. The molecule has 3 nitrogen and oxygen atoms in total. The zero-order chi connectivity index (χ0) is 10.1. The highest BCUT2D eigenvalue weighted by atomic mass is 35.5. The van der Waals surface area contributed by atoms with E-state index in [1.165, 1.54) is 0 Å². The molecule has 1 saturated carbocycles. The number of nitrogens with two attached hydrogens (primary N) is 1. The van der Waals surface area contributed by atoms with Crippen molar-refractivity contribution in [2.24, 2.45) is 5.84 Å². The largest absolute Gasteiger partial charge is 0.290 e. The Labute approximate surface area is 87.2 Å². The van der Waals surface area contributed by atoms with Gasteiger partial charge in [-0.25, -0.2) is 5.84 Å². The molecular formula is C10H11ClN2O. The Morgan fingerprint density at radius 3 is 2.79 bits per heavy atom. The summed E-state index contributed by atoms with van der Waals surface area (Å²) in [6.45, 7) is 0. The molecule has 0 bridgehead atoms. The minimum Gasteiger partial charge on any atom is -0.290 e. The lowest BCUT2D eigenvalue weighted by Crippen LogP contribution is -2.30. The summed E-state index contributed by atoms with van der Waals surface area (Å²) in [5, 5.41) is 0.540. The van der Waals surface area contributed by atoms with Gasteiger partial charge in [0.25, 0.3) is 5.91 Å². The molecule has 14 heavy (non-hydrogen) atoms. The third-order valence-corrected chi connectivity index (χ3v) is 2.84. The number of nitrogen functional groups attached to an aromatic ring is 1. The molecule has 0 spiro atoms. The topological polar surface area (TPSA) is 55.1 Å². The van der Waals surface area contributed by atoms with E-state index in [0.717, 1.165) is 18.4 Å². The van der Waals surface area contributed by atoms with E-state index in [9.17, 15) is 4.79 Å². The highest BCUT2D eigenvalue weighted by Gasteiger charge is 2.27. The van der Waals surface area contributed by atoms with Gasteiger partial charge in [0.15, 0.2) is 0 Å². The van der Waals surface area contributed by atoms with Crippen molar-refractivity contribution in [2.45, 2.75) is 18.8 Å². The molecule has 4 heteroatoms. The van der Waals surface area contributed by atoms with Crippen LogP contribution >= 0.6 is 11.6 Å². The van der Waals surface area contributed by atoms with Crippen molar-refractivity contribution in [3.63, 3.8) is 0 Å². The molecule has 2 rings (SSSR count). The monoisotopic (exact) mass is 210 g/mol. The average molecular weight is 211 g/mol. The van der Waals surface area contributed by atoms with Gasteiger partial charge >= 0.3 is 0 Å². The molecule has 74 valence electrons. The molecule has 1 aromatic carbocycles. The summed E-state index contributed by atoms with van der Waals surface area (Å²) in [7, 11) is 0. The van der Waals surface area contributed by atoms with Gasteiger partial charge in [0.05, 0.1) is 10.6 Å². The third kappa shape index (κ3) is 1.61. The summed E-state index contributed by atoms with van der Waals surface area (Å²) in [5.74, 6) is 5.26. The van der Waals surface area contributed by atoms with Crippen LogP contribution in [0.2, 0.25) is 5.02 Å². The summed E-state index contributed by atoms with van der Waals surface area (Å²) >= 11 is 6.10. The van der Waals surface area contributed by atoms with Crippen molar-refractivity contribution < 1.29 is 4.79 Å². The Balaban J connectivity index is 2.40. The van der Waals surface area contributed by atoms with Crippen molar-refractivity contribution >= 4 is 17.5 Å². The number of amides is 1. The van der Waals surface area contributed by atoms with Crippen molar-refractivity contribution in [2.75, 3.05) is 0 Å². The SMILES string of the molecule is NNC(=O)c1cccc(C2CC2)c1Cl. The summed E-state index contributed by atoms with van der Waals surface area (Å²) in [6, 6.07) is 5.48. The first-order chi connectivity index (χ1) is 6.74. The zero-order valence-electron chi connectivity index (χ0n) is 7.59. The highest BCUT2D eigenvalue weighted by molar-refractivity contribution is 6.34. The van der Waals surface area contributed by atoms with Crippen LogP contribution in [-0.2, 0) is 0 Å². The lowest BCUT2D eigenvalue weighted by Gasteiger charge is -2.06. The van der Waals surface area contributed by atoms with Gasteiger partial charge in [-0.1, -0.05) is 23.7 Å². The minimum absolute atomic E-state index is 0.336. The van der Waals surface area contributed by atoms with E-state index in [0.29, 0.717) is 16.5 Å². The zero-order valence-corrected chi connectivity index (χ0v) is 8.34. The Kier molecular flexibility index (Phi) is 2.44. The smallest absolute Gasteiger partial charge is 0.266 e. The Hall–Kier alpha value is -1.06. The van der Waals surface area contributed by atoms with Crippen LogP contribution in [0.3, 0.4) is 0 Å². The maximum atomic E-state index is 11.3. The number of rotatable bonds is 2. The second-order valence-electron chi connectivity index (χ2n) is 3.46. The highest BCUT2D eigenvalue weighted by Crippen LogP contribution is 2.43. The van der Waals surface area contributed by atoms with Crippen LogP contribution in [0.15, 0.2) is 18.2 Å². The van der Waals surface area contributed by atoms with Gasteiger partial charge in [0.2, 0.25) is 0 Å². The first-order valence-corrected chi connectivity index (χ1v) is 4.91. The first-order valence-electron chi connectivity index (χ1n) is 4.53. The van der Waals surface area contributed by atoms with Gasteiger partial charge in [-0.15, -0.1) is 0 Å². The second-order valence-corrected chi connectivity index (χ2v) is 3.83. The average Bonchev–Trinajstić information content (AvgIpc) is 3.01. The van der Waals surface area contributed by atoms with Crippen LogP contribution in [0, 0.1) is 0 Å². The molecule has 0 aliphatic heterocycles. The maximum absolute atomic E-state index is 11.3. The van der Waals surface area contributed by atoms with Crippen molar-refractivity contribution in [1.29, 1.82) is 0 Å². The quantitative estimate of drug-likeness (QED) is 0.445. The van der Waals surface area contributed by atoms with E-state index >= 15 is 0 Å². The van der Waals surface area contributed by atoms with Crippen LogP contribution in [0.25, 0.3) is 0 Å². The fourth-order valence-electron chi connectivity index (χ4n) is 1.51. The van der Waals surface area contributed by atoms with Crippen molar-refractivity contribution in [1.82, 2.24) is 5.43 Å². The lowest BCUT2D eigenvalue weighted by molar-refractivity contribution is 0.0953. The van der Waals surface area contributed by atoms with E-state index in [1.807, 2.05) is 12.1 Å². The Morgan fingerprint density at radius 2 is 2.21 bits per heavy atom. The number of hydrazine groups is 1. The number of halogens is 1. The molecule has 3 N–H and O–H groups in total. The molecule has 1 fully saturated rings. The predicted molar refractivity (Wildman–Crippen MR) is 55.1 cm³/mol. The van der Waals surface area contributed by atoms with Gasteiger partial charge in [-0.2, -0.15) is 0 Å². The fourth-order valence-corrected chi connectivity index (χ4v) is 1.88. The number of hydrogen-bond donors (Lipinski definition) is 2. The first kappa shape index (κ1) is 9.49. The van der Waals surface area contributed by atoms with Crippen LogP contribution in [0.5, 0.6) is 0 Å². The molecule has 0 aromatic heterocycles. The number of carbonyl (C=O) groups is 1. The fraction of sp³-hybridized carbons (Fsp3) is 0.300. The Bertz CT molecular complexity index is 374. The van der Waals surface area contributed by atoms with E-state index < -0.39 is 0 Å². The Morgan fingerprint density at radius 1 is 1.50 bits per heavy atom. The van der Waals surface area contributed by atoms with Crippen LogP contribution in [0.1, 0.15) is 34.7 Å². The summed E-state index contributed by atoms with van der Waals surface area (Å²) < 4.78 is 0. The minimum atomic E-state index is -0.336. The molecule has 1 amide bonds. The lowest BCUT2D eigenvalue weighted by atomic mass is 10.1. The molecule has 0 heterocycles. The number of benzene rings is 1. The van der Waals surface area contributed by atoms with Crippen molar-refractivity contribution in [3.8, 4) is 0 Å². The third-order valence-electron chi connectivity index (χ3n) is 2.42.